The van der Waals surface area contributed by atoms with Gasteiger partial charge >= 0.3 is 0 Å². The van der Waals surface area contributed by atoms with Crippen molar-refractivity contribution in [1.29, 1.82) is 0 Å². The summed E-state index contributed by atoms with van der Waals surface area (Å²) in [5.74, 6) is 4.41. The number of allylic oxidation sites excluding steroid dienone is 4. The van der Waals surface area contributed by atoms with Gasteiger partial charge in [0.2, 0.25) is 0 Å². The van der Waals surface area contributed by atoms with E-state index in [4.69, 9.17) is 0 Å². The van der Waals surface area contributed by atoms with Gasteiger partial charge in [0.25, 0.3) is 0 Å². The van der Waals surface area contributed by atoms with Crippen molar-refractivity contribution < 1.29 is 8.78 Å². The van der Waals surface area contributed by atoms with Crippen molar-refractivity contribution in [2.24, 2.45) is 0 Å². The molecule has 0 aromatic heterocycles. The minimum atomic E-state index is -1.10. The lowest BCUT2D eigenvalue weighted by Gasteiger charge is -2.08. The number of halogens is 2. The highest BCUT2D eigenvalue weighted by molar-refractivity contribution is 5.75. The summed E-state index contributed by atoms with van der Waals surface area (Å²) >= 11 is 0. The molecule has 0 radical (unpaired) electrons. The fraction of sp³-hybridized carbons (Fsp3) is 0.103. The van der Waals surface area contributed by atoms with Crippen LogP contribution in [0.5, 0.6) is 0 Å². The van der Waals surface area contributed by atoms with E-state index < -0.39 is 11.7 Å². The highest BCUT2D eigenvalue weighted by Crippen LogP contribution is 2.26. The molecular formula is C29H24F2. The molecule has 0 spiro atoms. The zero-order valence-electron chi connectivity index (χ0n) is 17.8. The molecule has 31 heavy (non-hydrogen) atoms. The molecule has 0 saturated carbocycles. The molecule has 0 saturated heterocycles. The number of hydrogen-bond acceptors (Lipinski definition) is 0. The van der Waals surface area contributed by atoms with Crippen LogP contribution in [0.4, 0.5) is 8.78 Å². The maximum Gasteiger partial charge on any atom is 0.158 e. The van der Waals surface area contributed by atoms with Crippen molar-refractivity contribution in [1.82, 2.24) is 0 Å². The lowest BCUT2D eigenvalue weighted by molar-refractivity contribution is 0.548. The van der Waals surface area contributed by atoms with Gasteiger partial charge in [0, 0.05) is 11.1 Å². The lowest BCUT2D eigenvalue weighted by atomic mass is 9.96. The van der Waals surface area contributed by atoms with Crippen LogP contribution in [0.2, 0.25) is 0 Å². The van der Waals surface area contributed by atoms with Crippen molar-refractivity contribution in [3.63, 3.8) is 0 Å². The molecule has 2 heteroatoms. The second-order valence-electron chi connectivity index (χ2n) is 7.34. The van der Waals surface area contributed by atoms with E-state index in [0.717, 1.165) is 40.3 Å². The summed E-state index contributed by atoms with van der Waals surface area (Å²) in [5, 5.41) is 0. The molecule has 0 bridgehead atoms. The third-order valence-electron chi connectivity index (χ3n) is 5.03. The van der Waals surface area contributed by atoms with Crippen molar-refractivity contribution in [2.45, 2.75) is 20.3 Å². The molecule has 3 rings (SSSR count). The first-order valence-corrected chi connectivity index (χ1v) is 10.1. The van der Waals surface area contributed by atoms with Gasteiger partial charge in [-0.1, -0.05) is 80.0 Å². The number of hydrogen-bond donors (Lipinski definition) is 0. The molecule has 0 aliphatic carbocycles. The Labute approximate surface area is 183 Å². The van der Waals surface area contributed by atoms with Gasteiger partial charge in [0.1, 0.15) is 0 Å². The highest BCUT2D eigenvalue weighted by Gasteiger charge is 2.06. The predicted octanol–water partition coefficient (Wildman–Crippen LogP) is 7.97. The van der Waals surface area contributed by atoms with Gasteiger partial charge in [-0.3, -0.25) is 0 Å². The largest absolute Gasteiger partial charge is 0.204 e. The topological polar surface area (TPSA) is 0 Å². The normalized spacial score (nSPS) is 10.9. The summed E-state index contributed by atoms with van der Waals surface area (Å²) in [4.78, 5) is 0. The Morgan fingerprint density at radius 3 is 2.13 bits per heavy atom. The van der Waals surface area contributed by atoms with E-state index in [1.54, 1.807) is 0 Å². The lowest BCUT2D eigenvalue weighted by Crippen LogP contribution is -1.90. The molecule has 0 atom stereocenters. The molecule has 3 aromatic carbocycles. The molecule has 0 aliphatic rings. The molecular weight excluding hydrogens is 386 g/mol. The molecule has 0 N–H and O–H groups in total. The minimum Gasteiger partial charge on any atom is -0.204 e. The monoisotopic (exact) mass is 410 g/mol. The summed E-state index contributed by atoms with van der Waals surface area (Å²) in [7, 11) is 0. The Morgan fingerprint density at radius 2 is 1.52 bits per heavy atom. The zero-order valence-corrected chi connectivity index (χ0v) is 17.8. The summed E-state index contributed by atoms with van der Waals surface area (Å²) < 4.78 is 26.3. The molecule has 0 fully saturated rings. The number of aryl methyl sites for hydroxylation is 2. The van der Waals surface area contributed by atoms with E-state index in [9.17, 15) is 8.78 Å². The van der Waals surface area contributed by atoms with Gasteiger partial charge in [-0.05, 0) is 71.5 Å². The molecule has 3 aromatic rings. The van der Waals surface area contributed by atoms with Crippen LogP contribution in [0.15, 0.2) is 97.6 Å². The third kappa shape index (κ3) is 5.68. The average Bonchev–Trinajstić information content (AvgIpc) is 2.78. The van der Waals surface area contributed by atoms with Crippen molar-refractivity contribution in [3.05, 3.63) is 125 Å². The third-order valence-corrected chi connectivity index (χ3v) is 5.03. The fourth-order valence-corrected chi connectivity index (χ4v) is 3.16. The molecule has 0 nitrogen and oxygen atoms in total. The average molecular weight is 411 g/mol. The summed E-state index contributed by atoms with van der Waals surface area (Å²) in [5.41, 5.74) is 7.62. The molecule has 0 aliphatic heterocycles. The van der Waals surface area contributed by atoms with Gasteiger partial charge in [0.05, 0.1) is 0 Å². The Hall–Kier alpha value is -3.70. The van der Waals surface area contributed by atoms with Gasteiger partial charge in [-0.25, -0.2) is 8.78 Å². The standard InChI is InChI=1S/C29H24F2/c1-5-24-19-28(17-16-26(24)11-10-23-8-6-20(2)7-9-23)27-14-12-25(13-15-27)21(3)18-29(31)22(4)30/h6-9,12-19H,3-5H2,1-2H3/b29-18+. The zero-order chi connectivity index (χ0) is 22.4. The van der Waals surface area contributed by atoms with Crippen LogP contribution >= 0.6 is 0 Å². The number of benzene rings is 3. The first-order valence-electron chi connectivity index (χ1n) is 10.1. The Kier molecular flexibility index (Phi) is 7.00. The highest BCUT2D eigenvalue weighted by atomic mass is 19.2. The smallest absolute Gasteiger partial charge is 0.158 e. The van der Waals surface area contributed by atoms with Crippen LogP contribution < -0.4 is 0 Å². The molecule has 0 amide bonds. The van der Waals surface area contributed by atoms with Crippen LogP contribution in [0.3, 0.4) is 0 Å². The van der Waals surface area contributed by atoms with Crippen LogP contribution in [-0.2, 0) is 6.42 Å². The Bertz CT molecular complexity index is 1200. The second-order valence-corrected chi connectivity index (χ2v) is 7.34. The quantitative estimate of drug-likeness (QED) is 0.295. The van der Waals surface area contributed by atoms with E-state index in [2.05, 4.69) is 63.1 Å². The van der Waals surface area contributed by atoms with Gasteiger partial charge < -0.3 is 0 Å². The number of rotatable bonds is 5. The summed E-state index contributed by atoms with van der Waals surface area (Å²) in [6.45, 7) is 10.9. The summed E-state index contributed by atoms with van der Waals surface area (Å²) in [6.07, 6.45) is 1.92. The van der Waals surface area contributed by atoms with Crippen molar-refractivity contribution in [3.8, 4) is 23.0 Å². The van der Waals surface area contributed by atoms with Gasteiger partial charge in [-0.15, -0.1) is 0 Å². The first kappa shape index (κ1) is 22.0. The first-order chi connectivity index (χ1) is 14.9. The van der Waals surface area contributed by atoms with E-state index in [1.165, 1.54) is 11.1 Å². The minimum absolute atomic E-state index is 0.388. The fourth-order valence-electron chi connectivity index (χ4n) is 3.16. The molecule has 0 unspecified atom stereocenters. The van der Waals surface area contributed by atoms with E-state index in [-0.39, 0.29) is 0 Å². The van der Waals surface area contributed by atoms with Crippen molar-refractivity contribution >= 4 is 5.57 Å². The van der Waals surface area contributed by atoms with Crippen LogP contribution in [-0.4, -0.2) is 0 Å². The van der Waals surface area contributed by atoms with Gasteiger partial charge in [-0.2, -0.15) is 0 Å². The maximum atomic E-state index is 13.4. The predicted molar refractivity (Wildman–Crippen MR) is 127 cm³/mol. The van der Waals surface area contributed by atoms with E-state index >= 15 is 0 Å². The van der Waals surface area contributed by atoms with Crippen molar-refractivity contribution in [2.75, 3.05) is 0 Å². The van der Waals surface area contributed by atoms with Crippen LogP contribution in [0, 0.1) is 18.8 Å². The maximum absolute atomic E-state index is 13.4. The SMILES string of the molecule is C=C(F)/C(F)=C\C(=C)c1ccc(-c2ccc(C#Cc3ccc(C)cc3)c(CC)c2)cc1. The van der Waals surface area contributed by atoms with Gasteiger partial charge in [0.15, 0.2) is 11.7 Å². The molecule has 154 valence electrons. The Balaban J connectivity index is 1.84. The second kappa shape index (κ2) is 9.87. The van der Waals surface area contributed by atoms with E-state index in [0.29, 0.717) is 5.57 Å². The Morgan fingerprint density at radius 1 is 0.871 bits per heavy atom. The van der Waals surface area contributed by atoms with Crippen LogP contribution in [0.25, 0.3) is 16.7 Å². The van der Waals surface area contributed by atoms with E-state index in [1.807, 2.05) is 42.5 Å². The summed E-state index contributed by atoms with van der Waals surface area (Å²) in [6, 6.07) is 22.0. The van der Waals surface area contributed by atoms with Crippen LogP contribution in [0.1, 0.15) is 34.7 Å². The molecule has 0 heterocycles.